The Balaban J connectivity index is 1.35. The molecule has 2 aromatic heterocycles. The van der Waals surface area contributed by atoms with Gasteiger partial charge in [-0.3, -0.25) is 19.7 Å². The number of thiazole rings is 1. The van der Waals surface area contributed by atoms with E-state index in [1.807, 2.05) is 0 Å². The molecule has 3 N–H and O–H groups in total. The Kier molecular flexibility index (Phi) is 4.77. The standard InChI is InChI=1S/C18H14N4O5S/c23-15-4-1-10(7-19-15)17(25)22-18-21-12(8-28-18)6-16(24)20-11-2-3-13-14(5-11)27-9-26-13/h1-5,7-8H,6,9H2,(H,19,23)(H,20,24)(H,21,22,25). The number of amides is 2. The highest BCUT2D eigenvalue weighted by Gasteiger charge is 2.15. The molecule has 0 fully saturated rings. The minimum absolute atomic E-state index is 0.0550. The molecular weight excluding hydrogens is 384 g/mol. The number of anilines is 2. The van der Waals surface area contributed by atoms with Crippen LogP contribution in [0.1, 0.15) is 16.1 Å². The number of aromatic amines is 1. The summed E-state index contributed by atoms with van der Waals surface area (Å²) in [6.07, 6.45) is 1.38. The van der Waals surface area contributed by atoms with Crippen LogP contribution < -0.4 is 25.7 Å². The summed E-state index contributed by atoms with van der Waals surface area (Å²) in [6, 6.07) is 7.83. The third kappa shape index (κ3) is 4.01. The van der Waals surface area contributed by atoms with Gasteiger partial charge in [0.15, 0.2) is 16.6 Å². The smallest absolute Gasteiger partial charge is 0.258 e. The van der Waals surface area contributed by atoms with Gasteiger partial charge in [-0.1, -0.05) is 0 Å². The van der Waals surface area contributed by atoms with Crippen LogP contribution in [0.25, 0.3) is 0 Å². The van der Waals surface area contributed by atoms with Gasteiger partial charge in [-0.15, -0.1) is 11.3 Å². The van der Waals surface area contributed by atoms with Gasteiger partial charge >= 0.3 is 0 Å². The Morgan fingerprint density at radius 2 is 2.00 bits per heavy atom. The van der Waals surface area contributed by atoms with Crippen molar-refractivity contribution in [3.8, 4) is 11.5 Å². The lowest BCUT2D eigenvalue weighted by molar-refractivity contribution is -0.115. The van der Waals surface area contributed by atoms with E-state index in [0.29, 0.717) is 33.6 Å². The first kappa shape index (κ1) is 17.7. The normalized spacial score (nSPS) is 11.9. The third-order valence-electron chi connectivity index (χ3n) is 3.82. The van der Waals surface area contributed by atoms with Crippen molar-refractivity contribution in [1.82, 2.24) is 9.97 Å². The number of hydrogen-bond donors (Lipinski definition) is 3. The lowest BCUT2D eigenvalue weighted by Crippen LogP contribution is -2.15. The maximum absolute atomic E-state index is 12.2. The first-order valence-electron chi connectivity index (χ1n) is 8.21. The fourth-order valence-electron chi connectivity index (χ4n) is 2.51. The molecular formula is C18H14N4O5S. The van der Waals surface area contributed by atoms with E-state index in [9.17, 15) is 14.4 Å². The number of ether oxygens (including phenoxy) is 2. The number of aromatic nitrogens is 2. The van der Waals surface area contributed by atoms with E-state index < -0.39 is 5.91 Å². The van der Waals surface area contributed by atoms with Crippen molar-refractivity contribution in [2.45, 2.75) is 6.42 Å². The van der Waals surface area contributed by atoms with Crippen molar-refractivity contribution in [2.24, 2.45) is 0 Å². The predicted octanol–water partition coefficient (Wildman–Crippen LogP) is 1.99. The van der Waals surface area contributed by atoms with Gasteiger partial charge in [0.25, 0.3) is 5.91 Å². The average Bonchev–Trinajstić information content (AvgIpc) is 3.31. The summed E-state index contributed by atoms with van der Waals surface area (Å²) in [7, 11) is 0. The zero-order valence-corrected chi connectivity index (χ0v) is 15.2. The third-order valence-corrected chi connectivity index (χ3v) is 4.62. The number of pyridine rings is 1. The zero-order chi connectivity index (χ0) is 19.5. The monoisotopic (exact) mass is 398 g/mol. The lowest BCUT2D eigenvalue weighted by atomic mass is 10.2. The molecule has 0 unspecified atom stereocenters. The molecule has 0 radical (unpaired) electrons. The second-order valence-corrected chi connectivity index (χ2v) is 6.69. The van der Waals surface area contributed by atoms with Gasteiger partial charge in [0, 0.05) is 29.4 Å². The van der Waals surface area contributed by atoms with Crippen LogP contribution in [0.15, 0.2) is 46.7 Å². The van der Waals surface area contributed by atoms with Gasteiger partial charge in [-0.25, -0.2) is 4.98 Å². The van der Waals surface area contributed by atoms with Crippen LogP contribution in [0.3, 0.4) is 0 Å². The average molecular weight is 398 g/mol. The van der Waals surface area contributed by atoms with Gasteiger partial charge in [-0.05, 0) is 18.2 Å². The highest BCUT2D eigenvalue weighted by atomic mass is 32.1. The minimum Gasteiger partial charge on any atom is -0.454 e. The number of rotatable bonds is 5. The fraction of sp³-hybridized carbons (Fsp3) is 0.111. The number of nitrogens with one attached hydrogen (secondary N) is 3. The maximum Gasteiger partial charge on any atom is 0.258 e. The molecule has 9 nitrogen and oxygen atoms in total. The largest absolute Gasteiger partial charge is 0.454 e. The molecule has 28 heavy (non-hydrogen) atoms. The predicted molar refractivity (Wildman–Crippen MR) is 102 cm³/mol. The maximum atomic E-state index is 12.2. The number of H-pyrrole nitrogens is 1. The number of carbonyl (C=O) groups is 2. The van der Waals surface area contributed by atoms with E-state index in [0.717, 1.165) is 0 Å². The quantitative estimate of drug-likeness (QED) is 0.604. The molecule has 10 heteroatoms. The molecule has 0 bridgehead atoms. The molecule has 3 heterocycles. The summed E-state index contributed by atoms with van der Waals surface area (Å²) >= 11 is 1.21. The first-order chi connectivity index (χ1) is 13.6. The Morgan fingerprint density at radius 1 is 1.14 bits per heavy atom. The molecule has 0 atom stereocenters. The zero-order valence-electron chi connectivity index (χ0n) is 14.4. The molecule has 1 aliphatic rings. The van der Waals surface area contributed by atoms with E-state index in [1.165, 1.54) is 29.7 Å². The Morgan fingerprint density at radius 3 is 2.82 bits per heavy atom. The van der Waals surface area contributed by atoms with Gasteiger partial charge in [0.2, 0.25) is 18.3 Å². The molecule has 142 valence electrons. The van der Waals surface area contributed by atoms with E-state index in [4.69, 9.17) is 9.47 Å². The molecule has 0 saturated carbocycles. The van der Waals surface area contributed by atoms with E-state index in [2.05, 4.69) is 20.6 Å². The highest BCUT2D eigenvalue weighted by Crippen LogP contribution is 2.34. The van der Waals surface area contributed by atoms with Gasteiger partial charge in [0.1, 0.15) is 0 Å². The van der Waals surface area contributed by atoms with Crippen LogP contribution in [0.2, 0.25) is 0 Å². The fourth-order valence-corrected chi connectivity index (χ4v) is 3.22. The second-order valence-electron chi connectivity index (χ2n) is 5.83. The Hall–Kier alpha value is -3.66. The molecule has 4 rings (SSSR count). The van der Waals surface area contributed by atoms with E-state index >= 15 is 0 Å². The summed E-state index contributed by atoms with van der Waals surface area (Å²) in [5, 5.41) is 7.46. The number of carbonyl (C=O) groups excluding carboxylic acids is 2. The molecule has 0 spiro atoms. The summed E-state index contributed by atoms with van der Waals surface area (Å²) in [6.45, 7) is 0.166. The van der Waals surface area contributed by atoms with Crippen LogP contribution in [0, 0.1) is 0 Å². The van der Waals surface area contributed by atoms with Crippen molar-refractivity contribution >= 4 is 34.0 Å². The van der Waals surface area contributed by atoms with Crippen molar-refractivity contribution in [3.63, 3.8) is 0 Å². The summed E-state index contributed by atoms with van der Waals surface area (Å²) in [5.74, 6) is 0.573. The molecule has 0 saturated heterocycles. The summed E-state index contributed by atoms with van der Waals surface area (Å²) in [5.41, 5.74) is 1.13. The van der Waals surface area contributed by atoms with Crippen molar-refractivity contribution < 1.29 is 19.1 Å². The van der Waals surface area contributed by atoms with Crippen LogP contribution in [-0.2, 0) is 11.2 Å². The van der Waals surface area contributed by atoms with Crippen LogP contribution in [-0.4, -0.2) is 28.6 Å². The summed E-state index contributed by atoms with van der Waals surface area (Å²) in [4.78, 5) is 42.1. The van der Waals surface area contributed by atoms with Crippen molar-refractivity contribution in [3.05, 3.63) is 63.5 Å². The molecule has 1 aliphatic heterocycles. The Labute approximate surface area is 162 Å². The number of benzene rings is 1. The van der Waals surface area contributed by atoms with Gasteiger partial charge in [-0.2, -0.15) is 0 Å². The van der Waals surface area contributed by atoms with Gasteiger partial charge < -0.3 is 19.8 Å². The van der Waals surface area contributed by atoms with Crippen LogP contribution in [0.4, 0.5) is 10.8 Å². The van der Waals surface area contributed by atoms with E-state index in [1.54, 1.807) is 23.6 Å². The molecule has 1 aromatic carbocycles. The SMILES string of the molecule is O=C(Cc1csc(NC(=O)c2ccc(=O)[nH]c2)n1)Nc1ccc2c(c1)OCO2. The number of fused-ring (bicyclic) bond motifs is 1. The summed E-state index contributed by atoms with van der Waals surface area (Å²) < 4.78 is 10.5. The number of hydrogen-bond acceptors (Lipinski definition) is 7. The minimum atomic E-state index is -0.401. The molecule has 2 amide bonds. The van der Waals surface area contributed by atoms with Crippen molar-refractivity contribution in [2.75, 3.05) is 17.4 Å². The van der Waals surface area contributed by atoms with Crippen molar-refractivity contribution in [1.29, 1.82) is 0 Å². The number of nitrogens with zero attached hydrogens (tertiary/aromatic N) is 1. The molecule has 3 aromatic rings. The topological polar surface area (TPSA) is 122 Å². The second kappa shape index (κ2) is 7.53. The Bertz CT molecular complexity index is 1090. The highest BCUT2D eigenvalue weighted by molar-refractivity contribution is 7.14. The lowest BCUT2D eigenvalue weighted by Gasteiger charge is -2.05. The van der Waals surface area contributed by atoms with Gasteiger partial charge in [0.05, 0.1) is 17.7 Å². The van der Waals surface area contributed by atoms with Crippen LogP contribution in [0.5, 0.6) is 11.5 Å². The molecule has 0 aliphatic carbocycles. The first-order valence-corrected chi connectivity index (χ1v) is 9.09. The van der Waals surface area contributed by atoms with E-state index in [-0.39, 0.29) is 24.7 Å². The van der Waals surface area contributed by atoms with Crippen LogP contribution >= 0.6 is 11.3 Å².